The fourth-order valence-corrected chi connectivity index (χ4v) is 3.46. The van der Waals surface area contributed by atoms with Gasteiger partial charge in [-0.2, -0.15) is 13.2 Å². The van der Waals surface area contributed by atoms with Gasteiger partial charge < -0.3 is 10.2 Å². The lowest BCUT2D eigenvalue weighted by Gasteiger charge is -2.49. The number of piperidine rings is 1. The Morgan fingerprint density at radius 2 is 1.72 bits per heavy atom. The molecule has 0 amide bonds. The number of hydrogen-bond acceptors (Lipinski definition) is 2. The molecule has 2 nitrogen and oxygen atoms in total. The molecule has 1 N–H and O–H groups in total. The first-order valence-corrected chi connectivity index (χ1v) is 6.91. The highest BCUT2D eigenvalue weighted by Gasteiger charge is 2.41. The Morgan fingerprint density at radius 3 is 2.17 bits per heavy atom. The van der Waals surface area contributed by atoms with Crippen LogP contribution < -0.4 is 5.32 Å². The molecule has 106 valence electrons. The molecule has 18 heavy (non-hydrogen) atoms. The number of rotatable bonds is 3. The molecule has 2 unspecified atom stereocenters. The first-order chi connectivity index (χ1) is 8.37. The second-order valence-electron chi connectivity index (χ2n) is 6.02. The van der Waals surface area contributed by atoms with Crippen LogP contribution >= 0.6 is 0 Å². The number of likely N-dealkylation sites (tertiary alicyclic amines) is 1. The van der Waals surface area contributed by atoms with Crippen molar-refractivity contribution in [3.8, 4) is 0 Å². The van der Waals surface area contributed by atoms with Crippen LogP contribution in [0.5, 0.6) is 0 Å². The zero-order valence-corrected chi connectivity index (χ0v) is 11.1. The molecular formula is C13H23F3N2. The third-order valence-electron chi connectivity index (χ3n) is 4.37. The average molecular weight is 264 g/mol. The Kier molecular flexibility index (Phi) is 4.22. The minimum Gasteiger partial charge on any atom is -0.305 e. The molecular weight excluding hydrogens is 241 g/mol. The third kappa shape index (κ3) is 3.38. The third-order valence-corrected chi connectivity index (χ3v) is 4.37. The van der Waals surface area contributed by atoms with Crippen LogP contribution in [0.3, 0.4) is 0 Å². The van der Waals surface area contributed by atoms with Crippen molar-refractivity contribution in [2.75, 3.05) is 19.6 Å². The first kappa shape index (κ1) is 14.1. The second-order valence-corrected chi connectivity index (χ2v) is 6.02. The molecule has 0 radical (unpaired) electrons. The number of fused-ring (bicyclic) bond motifs is 2. The van der Waals surface area contributed by atoms with Gasteiger partial charge in [-0.25, -0.2) is 0 Å². The maximum atomic E-state index is 12.3. The molecule has 1 saturated heterocycles. The monoisotopic (exact) mass is 264 g/mol. The van der Waals surface area contributed by atoms with E-state index in [-0.39, 0.29) is 6.04 Å². The van der Waals surface area contributed by atoms with Crippen LogP contribution in [0, 0.1) is 11.8 Å². The normalized spacial score (nSPS) is 34.0. The van der Waals surface area contributed by atoms with Crippen LogP contribution in [-0.2, 0) is 0 Å². The summed E-state index contributed by atoms with van der Waals surface area (Å²) in [5.74, 6) is 0.782. The standard InChI is InChI=1S/C13H23F3N2/c1-9(2)18-6-10-4-3-5-11(7-18)12(10)17-8-13(14,15)16/h9-12,17H,3-8H2,1-2H3. The Morgan fingerprint density at radius 1 is 1.17 bits per heavy atom. The SMILES string of the molecule is CC(C)N1CC2CCCC(C1)C2NCC(F)(F)F. The molecule has 5 heteroatoms. The quantitative estimate of drug-likeness (QED) is 0.843. The van der Waals surface area contributed by atoms with Crippen LogP contribution in [0.4, 0.5) is 13.2 Å². The molecule has 1 aliphatic heterocycles. The van der Waals surface area contributed by atoms with Crippen LogP contribution in [0.25, 0.3) is 0 Å². The van der Waals surface area contributed by atoms with Gasteiger partial charge in [-0.1, -0.05) is 6.42 Å². The van der Waals surface area contributed by atoms with Gasteiger partial charge in [0.25, 0.3) is 0 Å². The molecule has 2 fully saturated rings. The minimum absolute atomic E-state index is 0.0652. The van der Waals surface area contributed by atoms with E-state index in [1.54, 1.807) is 0 Å². The number of alkyl halides is 3. The maximum absolute atomic E-state index is 12.3. The number of nitrogens with zero attached hydrogens (tertiary/aromatic N) is 1. The minimum atomic E-state index is -4.09. The van der Waals surface area contributed by atoms with Crippen molar-refractivity contribution in [2.45, 2.75) is 51.4 Å². The van der Waals surface area contributed by atoms with Crippen molar-refractivity contribution >= 4 is 0 Å². The molecule has 0 spiro atoms. The van der Waals surface area contributed by atoms with E-state index in [1.165, 1.54) is 6.42 Å². The van der Waals surface area contributed by atoms with E-state index in [9.17, 15) is 13.2 Å². The van der Waals surface area contributed by atoms with Crippen molar-refractivity contribution in [1.82, 2.24) is 10.2 Å². The Balaban J connectivity index is 1.96. The molecule has 2 atom stereocenters. The largest absolute Gasteiger partial charge is 0.401 e. The van der Waals surface area contributed by atoms with E-state index in [0.29, 0.717) is 17.9 Å². The highest BCUT2D eigenvalue weighted by molar-refractivity contribution is 4.95. The summed E-state index contributed by atoms with van der Waals surface area (Å²) in [4.78, 5) is 2.42. The van der Waals surface area contributed by atoms with Gasteiger partial charge in [-0.15, -0.1) is 0 Å². The average Bonchev–Trinajstić information content (AvgIpc) is 2.23. The van der Waals surface area contributed by atoms with Crippen LogP contribution in [-0.4, -0.2) is 42.8 Å². The van der Waals surface area contributed by atoms with Crippen molar-refractivity contribution < 1.29 is 13.2 Å². The summed E-state index contributed by atoms with van der Waals surface area (Å²) in [5, 5.41) is 2.77. The highest BCUT2D eigenvalue weighted by Crippen LogP contribution is 2.36. The van der Waals surface area contributed by atoms with Crippen LogP contribution in [0.2, 0.25) is 0 Å². The van der Waals surface area contributed by atoms with Gasteiger partial charge in [0.2, 0.25) is 0 Å². The van der Waals surface area contributed by atoms with Crippen LogP contribution in [0.15, 0.2) is 0 Å². The van der Waals surface area contributed by atoms with E-state index in [4.69, 9.17) is 0 Å². The molecule has 2 aliphatic rings. The lowest BCUT2D eigenvalue weighted by atomic mass is 9.73. The molecule has 1 heterocycles. The lowest BCUT2D eigenvalue weighted by Crippen LogP contribution is -2.59. The number of nitrogens with one attached hydrogen (secondary N) is 1. The van der Waals surface area contributed by atoms with Crippen molar-refractivity contribution in [2.24, 2.45) is 11.8 Å². The summed E-state index contributed by atoms with van der Waals surface area (Å²) in [6.45, 7) is 5.39. The second kappa shape index (κ2) is 5.37. The summed E-state index contributed by atoms with van der Waals surface area (Å²) in [7, 11) is 0. The molecule has 1 aliphatic carbocycles. The van der Waals surface area contributed by atoms with E-state index in [1.807, 2.05) is 0 Å². The zero-order valence-electron chi connectivity index (χ0n) is 11.1. The Hall–Kier alpha value is -0.290. The Labute approximate surface area is 107 Å². The van der Waals surface area contributed by atoms with Crippen molar-refractivity contribution in [1.29, 1.82) is 0 Å². The molecule has 0 aromatic heterocycles. The first-order valence-electron chi connectivity index (χ1n) is 6.91. The topological polar surface area (TPSA) is 15.3 Å². The van der Waals surface area contributed by atoms with Crippen molar-refractivity contribution in [3.05, 3.63) is 0 Å². The summed E-state index contributed by atoms with van der Waals surface area (Å²) < 4.78 is 37.0. The van der Waals surface area contributed by atoms with Crippen molar-refractivity contribution in [3.63, 3.8) is 0 Å². The molecule has 2 rings (SSSR count). The van der Waals surface area contributed by atoms with Gasteiger partial charge in [0.15, 0.2) is 0 Å². The van der Waals surface area contributed by atoms with Gasteiger partial charge >= 0.3 is 6.18 Å². The van der Waals surface area contributed by atoms with E-state index < -0.39 is 12.7 Å². The van der Waals surface area contributed by atoms with Crippen LogP contribution in [0.1, 0.15) is 33.1 Å². The maximum Gasteiger partial charge on any atom is 0.401 e. The zero-order chi connectivity index (χ0) is 13.3. The van der Waals surface area contributed by atoms with E-state index in [0.717, 1.165) is 25.9 Å². The smallest absolute Gasteiger partial charge is 0.305 e. The highest BCUT2D eigenvalue weighted by atomic mass is 19.4. The number of hydrogen-bond donors (Lipinski definition) is 1. The summed E-state index contributed by atoms with van der Waals surface area (Å²) >= 11 is 0. The fourth-order valence-electron chi connectivity index (χ4n) is 3.46. The Bertz CT molecular complexity index is 264. The predicted octanol–water partition coefficient (Wildman–Crippen LogP) is 2.65. The van der Waals surface area contributed by atoms with Gasteiger partial charge in [0.1, 0.15) is 0 Å². The lowest BCUT2D eigenvalue weighted by molar-refractivity contribution is -0.130. The molecule has 2 bridgehead atoms. The molecule has 0 aromatic rings. The van der Waals surface area contributed by atoms with Gasteiger partial charge in [0.05, 0.1) is 6.54 Å². The van der Waals surface area contributed by atoms with E-state index in [2.05, 4.69) is 24.1 Å². The summed E-state index contributed by atoms with van der Waals surface area (Å²) in [6, 6.07) is 0.562. The van der Waals surface area contributed by atoms with Gasteiger partial charge in [-0.3, -0.25) is 0 Å². The number of halogens is 3. The molecule has 1 saturated carbocycles. The summed E-state index contributed by atoms with van der Waals surface area (Å²) in [6.07, 6.45) is -0.792. The molecule has 0 aromatic carbocycles. The predicted molar refractivity (Wildman–Crippen MR) is 65.4 cm³/mol. The van der Waals surface area contributed by atoms with Gasteiger partial charge in [-0.05, 0) is 38.5 Å². The fraction of sp³-hybridized carbons (Fsp3) is 1.00. The van der Waals surface area contributed by atoms with Gasteiger partial charge in [0, 0.05) is 25.2 Å². The summed E-state index contributed by atoms with van der Waals surface area (Å²) in [5.41, 5.74) is 0. The van der Waals surface area contributed by atoms with E-state index >= 15 is 0 Å².